The molecule has 1 unspecified atom stereocenters. The van der Waals surface area contributed by atoms with Crippen LogP contribution in [0.4, 0.5) is 0 Å². The summed E-state index contributed by atoms with van der Waals surface area (Å²) in [6.45, 7) is 5.61. The zero-order valence-corrected chi connectivity index (χ0v) is 22.6. The standard InChI is InChI=1S/C26H36N2O7S/c1-19(2)26(18-27,21-9-11-23(25(17-21)34-6)35-36(29,30)31)13-7-14-28(3)15-12-20-8-10-22(32-4)24(16-20)33-5/h8-11,16-17,19H,7,12-15H2,1-6H3,(H,29,30,31). The topological polar surface area (TPSA) is 118 Å². The van der Waals surface area contributed by atoms with Gasteiger partial charge in [-0.25, -0.2) is 0 Å². The lowest BCUT2D eigenvalue weighted by Crippen LogP contribution is -2.32. The van der Waals surface area contributed by atoms with Crippen LogP contribution in [0.15, 0.2) is 36.4 Å². The molecule has 0 aliphatic carbocycles. The van der Waals surface area contributed by atoms with Crippen molar-refractivity contribution in [3.63, 3.8) is 0 Å². The van der Waals surface area contributed by atoms with Crippen LogP contribution in [0.3, 0.4) is 0 Å². The van der Waals surface area contributed by atoms with Gasteiger partial charge in [-0.1, -0.05) is 26.0 Å². The van der Waals surface area contributed by atoms with E-state index in [0.717, 1.165) is 31.5 Å². The molecule has 36 heavy (non-hydrogen) atoms. The van der Waals surface area contributed by atoms with Crippen LogP contribution < -0.4 is 18.4 Å². The molecule has 198 valence electrons. The fourth-order valence-corrected chi connectivity index (χ4v) is 4.60. The van der Waals surface area contributed by atoms with E-state index < -0.39 is 15.8 Å². The summed E-state index contributed by atoms with van der Waals surface area (Å²) in [5, 5.41) is 10.2. The van der Waals surface area contributed by atoms with Gasteiger partial charge in [0, 0.05) is 6.54 Å². The normalized spacial score (nSPS) is 13.2. The summed E-state index contributed by atoms with van der Waals surface area (Å²) >= 11 is 0. The molecule has 9 nitrogen and oxygen atoms in total. The Labute approximate surface area is 214 Å². The number of nitrogens with zero attached hydrogens (tertiary/aromatic N) is 2. The predicted molar refractivity (Wildman–Crippen MR) is 137 cm³/mol. The van der Waals surface area contributed by atoms with Crippen molar-refractivity contribution in [1.82, 2.24) is 4.90 Å². The molecule has 0 amide bonds. The highest BCUT2D eigenvalue weighted by Crippen LogP contribution is 2.40. The number of hydrogen-bond acceptors (Lipinski definition) is 8. The van der Waals surface area contributed by atoms with Gasteiger partial charge in [0.25, 0.3) is 0 Å². The van der Waals surface area contributed by atoms with Gasteiger partial charge in [0.05, 0.1) is 32.8 Å². The van der Waals surface area contributed by atoms with Crippen LogP contribution in [0.1, 0.15) is 37.8 Å². The van der Waals surface area contributed by atoms with E-state index >= 15 is 0 Å². The van der Waals surface area contributed by atoms with Gasteiger partial charge in [0.2, 0.25) is 0 Å². The summed E-state index contributed by atoms with van der Waals surface area (Å²) < 4.78 is 51.8. The van der Waals surface area contributed by atoms with E-state index in [1.54, 1.807) is 26.4 Å². The van der Waals surface area contributed by atoms with Crippen LogP contribution in [0.25, 0.3) is 0 Å². The first-order chi connectivity index (χ1) is 17.0. The summed E-state index contributed by atoms with van der Waals surface area (Å²) in [5.74, 6) is 1.37. The molecule has 0 saturated carbocycles. The van der Waals surface area contributed by atoms with Crippen LogP contribution in [-0.2, 0) is 22.2 Å². The van der Waals surface area contributed by atoms with E-state index in [1.165, 1.54) is 13.2 Å². The van der Waals surface area contributed by atoms with Crippen molar-refractivity contribution in [2.24, 2.45) is 5.92 Å². The van der Waals surface area contributed by atoms with Crippen LogP contribution in [0.5, 0.6) is 23.0 Å². The second kappa shape index (κ2) is 12.8. The van der Waals surface area contributed by atoms with Gasteiger partial charge in [-0.3, -0.25) is 4.55 Å². The minimum absolute atomic E-state index is 0.0161. The second-order valence-electron chi connectivity index (χ2n) is 8.96. The highest BCUT2D eigenvalue weighted by molar-refractivity contribution is 7.81. The highest BCUT2D eigenvalue weighted by Gasteiger charge is 2.36. The van der Waals surface area contributed by atoms with Crippen molar-refractivity contribution in [1.29, 1.82) is 5.26 Å². The number of benzene rings is 2. The zero-order valence-electron chi connectivity index (χ0n) is 21.8. The van der Waals surface area contributed by atoms with Crippen molar-refractivity contribution in [3.05, 3.63) is 47.5 Å². The molecule has 0 aliphatic rings. The quantitative estimate of drug-likeness (QED) is 0.364. The van der Waals surface area contributed by atoms with Gasteiger partial charge in [0.15, 0.2) is 23.0 Å². The van der Waals surface area contributed by atoms with Gasteiger partial charge >= 0.3 is 10.4 Å². The molecular weight excluding hydrogens is 484 g/mol. The monoisotopic (exact) mass is 520 g/mol. The Bertz CT molecular complexity index is 1160. The number of likely N-dealkylation sites (N-methyl/N-ethyl adjacent to an activating group) is 1. The molecule has 0 aromatic heterocycles. The molecule has 0 spiro atoms. The second-order valence-corrected chi connectivity index (χ2v) is 9.98. The molecule has 10 heteroatoms. The predicted octanol–water partition coefficient (Wildman–Crippen LogP) is 4.27. The first-order valence-electron chi connectivity index (χ1n) is 11.7. The lowest BCUT2D eigenvalue weighted by Gasteiger charge is -2.32. The Kier molecular flexibility index (Phi) is 10.4. The number of hydrogen-bond donors (Lipinski definition) is 1. The van der Waals surface area contributed by atoms with E-state index in [2.05, 4.69) is 22.2 Å². The smallest absolute Gasteiger partial charge is 0.446 e. The van der Waals surface area contributed by atoms with Crippen molar-refractivity contribution < 1.29 is 31.4 Å². The molecule has 2 aromatic carbocycles. The lowest BCUT2D eigenvalue weighted by molar-refractivity contribution is 0.293. The highest BCUT2D eigenvalue weighted by atomic mass is 32.3. The first-order valence-corrected chi connectivity index (χ1v) is 13.0. The third-order valence-electron chi connectivity index (χ3n) is 6.40. The molecule has 0 radical (unpaired) electrons. The van der Waals surface area contributed by atoms with E-state index in [4.69, 9.17) is 18.8 Å². The van der Waals surface area contributed by atoms with Gasteiger partial charge in [-0.2, -0.15) is 13.7 Å². The number of nitriles is 1. The Morgan fingerprint density at radius 2 is 1.58 bits per heavy atom. The lowest BCUT2D eigenvalue weighted by atomic mass is 9.69. The summed E-state index contributed by atoms with van der Waals surface area (Å²) in [4.78, 5) is 2.22. The SMILES string of the molecule is COc1ccc(CCN(C)CCCC(C#N)(c2ccc(OS(=O)(=O)O)c(OC)c2)C(C)C)cc1OC. The molecule has 0 fully saturated rings. The number of ether oxygens (including phenoxy) is 3. The third-order valence-corrected chi connectivity index (χ3v) is 6.79. The molecule has 2 rings (SSSR count). The Morgan fingerprint density at radius 1 is 0.972 bits per heavy atom. The first kappa shape index (κ1) is 29.2. The van der Waals surface area contributed by atoms with Crippen LogP contribution in [0, 0.1) is 17.2 Å². The molecular formula is C26H36N2O7S. The number of rotatable bonds is 14. The van der Waals surface area contributed by atoms with Gasteiger partial charge in [0.1, 0.15) is 0 Å². The maximum absolute atomic E-state index is 11.1. The summed E-state index contributed by atoms with van der Waals surface area (Å²) in [6.07, 6.45) is 2.22. The largest absolute Gasteiger partial charge is 0.493 e. The van der Waals surface area contributed by atoms with Crippen molar-refractivity contribution >= 4 is 10.4 Å². The van der Waals surface area contributed by atoms with E-state index in [1.807, 2.05) is 32.0 Å². The average Bonchev–Trinajstić information content (AvgIpc) is 2.84. The molecule has 0 heterocycles. The number of methoxy groups -OCH3 is 3. The molecule has 2 aromatic rings. The maximum Gasteiger partial charge on any atom is 0.446 e. The Morgan fingerprint density at radius 3 is 2.14 bits per heavy atom. The average molecular weight is 521 g/mol. The van der Waals surface area contributed by atoms with Gasteiger partial charge < -0.3 is 23.3 Å². The van der Waals surface area contributed by atoms with E-state index in [0.29, 0.717) is 23.5 Å². The molecule has 0 saturated heterocycles. The van der Waals surface area contributed by atoms with Gasteiger partial charge in [-0.15, -0.1) is 0 Å². The van der Waals surface area contributed by atoms with Crippen molar-refractivity contribution in [3.8, 4) is 29.1 Å². The molecule has 0 bridgehead atoms. The van der Waals surface area contributed by atoms with Gasteiger partial charge in [-0.05, 0) is 74.2 Å². The van der Waals surface area contributed by atoms with Crippen molar-refractivity contribution in [2.75, 3.05) is 41.5 Å². The minimum atomic E-state index is -4.70. The molecule has 1 N–H and O–H groups in total. The minimum Gasteiger partial charge on any atom is -0.493 e. The fourth-order valence-electron chi connectivity index (χ4n) is 4.24. The van der Waals surface area contributed by atoms with E-state index in [9.17, 15) is 13.7 Å². The summed E-state index contributed by atoms with van der Waals surface area (Å²) in [5.41, 5.74) is 1.04. The van der Waals surface area contributed by atoms with Crippen molar-refractivity contribution in [2.45, 2.75) is 38.5 Å². The molecule has 0 aliphatic heterocycles. The molecule has 1 atom stereocenters. The van der Waals surface area contributed by atoms with Crippen LogP contribution >= 0.6 is 0 Å². The Hall–Kier alpha value is -3.00. The maximum atomic E-state index is 11.1. The van der Waals surface area contributed by atoms with Crippen LogP contribution in [-0.4, -0.2) is 59.3 Å². The summed E-state index contributed by atoms with van der Waals surface area (Å²) in [6, 6.07) is 13.0. The summed E-state index contributed by atoms with van der Waals surface area (Å²) in [7, 11) is 1.95. The fraction of sp³-hybridized carbons (Fsp3) is 0.500. The zero-order chi connectivity index (χ0) is 26.9. The Balaban J connectivity index is 2.09. The third kappa shape index (κ3) is 7.50. The van der Waals surface area contributed by atoms with E-state index in [-0.39, 0.29) is 17.4 Å². The van der Waals surface area contributed by atoms with Crippen LogP contribution in [0.2, 0.25) is 0 Å².